The Balaban J connectivity index is 2.67. The maximum Gasteiger partial charge on any atom is 0.306 e. The molecule has 3 nitrogen and oxygen atoms in total. The van der Waals surface area contributed by atoms with Crippen molar-refractivity contribution in [2.75, 3.05) is 12.9 Å². The van der Waals surface area contributed by atoms with Gasteiger partial charge in [-0.3, -0.25) is 4.79 Å². The van der Waals surface area contributed by atoms with E-state index < -0.39 is 0 Å². The summed E-state index contributed by atoms with van der Waals surface area (Å²) in [6.45, 7) is 1.80. The molecular weight excluding hydrogens is 241 g/mol. The van der Waals surface area contributed by atoms with Crippen LogP contribution in [0.4, 0.5) is 4.39 Å². The Hall–Kier alpha value is -1.07. The molecule has 0 aliphatic rings. The molecule has 17 heavy (non-hydrogen) atoms. The van der Waals surface area contributed by atoms with Gasteiger partial charge in [-0.15, -0.1) is 11.8 Å². The summed E-state index contributed by atoms with van der Waals surface area (Å²) in [5.41, 5.74) is 6.53. The van der Waals surface area contributed by atoms with Gasteiger partial charge in [-0.05, 0) is 30.7 Å². The molecule has 0 fully saturated rings. The molecule has 94 valence electrons. The summed E-state index contributed by atoms with van der Waals surface area (Å²) in [5, 5.41) is 0. The van der Waals surface area contributed by atoms with E-state index >= 15 is 0 Å². The van der Waals surface area contributed by atoms with E-state index in [-0.39, 0.29) is 17.8 Å². The van der Waals surface area contributed by atoms with Crippen molar-refractivity contribution < 1.29 is 13.9 Å². The minimum atomic E-state index is -0.297. The fourth-order valence-corrected chi connectivity index (χ4v) is 2.42. The third kappa shape index (κ3) is 4.36. The molecule has 0 bridgehead atoms. The predicted octanol–water partition coefficient (Wildman–Crippen LogP) is 2.50. The van der Waals surface area contributed by atoms with Crippen LogP contribution >= 0.6 is 11.8 Å². The van der Waals surface area contributed by atoms with Crippen molar-refractivity contribution in [3.05, 3.63) is 29.6 Å². The number of nitrogens with two attached hydrogens (primary N) is 1. The third-order valence-electron chi connectivity index (χ3n) is 2.25. The molecule has 0 amide bonds. The van der Waals surface area contributed by atoms with Crippen molar-refractivity contribution in [2.45, 2.75) is 24.3 Å². The molecule has 5 heteroatoms. The molecule has 1 aromatic rings. The summed E-state index contributed by atoms with van der Waals surface area (Å²) < 4.78 is 17.6. The van der Waals surface area contributed by atoms with Crippen LogP contribution < -0.4 is 5.73 Å². The van der Waals surface area contributed by atoms with Gasteiger partial charge in [0.25, 0.3) is 0 Å². The number of benzene rings is 1. The molecule has 1 aromatic carbocycles. The van der Waals surface area contributed by atoms with E-state index in [2.05, 4.69) is 4.74 Å². The number of esters is 1. The lowest BCUT2D eigenvalue weighted by Crippen LogP contribution is -2.07. The van der Waals surface area contributed by atoms with Gasteiger partial charge in [0.2, 0.25) is 0 Å². The summed E-state index contributed by atoms with van der Waals surface area (Å²) >= 11 is 1.48. The number of hydrogen-bond acceptors (Lipinski definition) is 4. The second kappa shape index (κ2) is 6.61. The number of rotatable bonds is 5. The van der Waals surface area contributed by atoms with Crippen LogP contribution in [0.2, 0.25) is 0 Å². The number of thioether (sulfide) groups is 1. The minimum absolute atomic E-state index is 0.230. The fourth-order valence-electron chi connectivity index (χ4n) is 1.35. The lowest BCUT2D eigenvalue weighted by atomic mass is 10.1. The highest BCUT2D eigenvalue weighted by Crippen LogP contribution is 2.27. The molecule has 0 unspecified atom stereocenters. The van der Waals surface area contributed by atoms with Crippen LogP contribution in [-0.4, -0.2) is 18.8 Å². The normalized spacial score (nSPS) is 12.2. The first-order valence-corrected chi connectivity index (χ1v) is 6.27. The van der Waals surface area contributed by atoms with E-state index in [0.717, 1.165) is 10.5 Å². The van der Waals surface area contributed by atoms with Crippen LogP contribution in [0.25, 0.3) is 0 Å². The van der Waals surface area contributed by atoms with Crippen molar-refractivity contribution in [3.8, 4) is 0 Å². The van der Waals surface area contributed by atoms with Gasteiger partial charge in [0.15, 0.2) is 0 Å². The molecule has 0 radical (unpaired) electrons. The second-order valence-electron chi connectivity index (χ2n) is 3.65. The predicted molar refractivity (Wildman–Crippen MR) is 66.4 cm³/mol. The topological polar surface area (TPSA) is 52.3 Å². The highest BCUT2D eigenvalue weighted by atomic mass is 32.2. The zero-order chi connectivity index (χ0) is 12.8. The minimum Gasteiger partial charge on any atom is -0.469 e. The number of carbonyl (C=O) groups excluding carboxylic acids is 1. The van der Waals surface area contributed by atoms with Gasteiger partial charge in [0.1, 0.15) is 5.82 Å². The average Bonchev–Trinajstić information content (AvgIpc) is 2.30. The molecule has 0 aromatic heterocycles. The highest BCUT2D eigenvalue weighted by molar-refractivity contribution is 7.99. The van der Waals surface area contributed by atoms with E-state index in [1.54, 1.807) is 13.0 Å². The SMILES string of the molecule is COC(=O)CCSc1ccc(F)cc1[C@H](C)N. The fraction of sp³-hybridized carbons (Fsp3) is 0.417. The van der Waals surface area contributed by atoms with Crippen molar-refractivity contribution >= 4 is 17.7 Å². The third-order valence-corrected chi connectivity index (χ3v) is 3.34. The maximum atomic E-state index is 13.1. The Bertz CT molecular complexity index is 396. The van der Waals surface area contributed by atoms with E-state index in [1.165, 1.54) is 31.0 Å². The van der Waals surface area contributed by atoms with Crippen LogP contribution in [0.15, 0.2) is 23.1 Å². The molecule has 0 aliphatic carbocycles. The van der Waals surface area contributed by atoms with Gasteiger partial charge in [-0.25, -0.2) is 4.39 Å². The Morgan fingerprint density at radius 1 is 1.59 bits per heavy atom. The number of halogens is 1. The monoisotopic (exact) mass is 257 g/mol. The van der Waals surface area contributed by atoms with Crippen molar-refractivity contribution in [2.24, 2.45) is 5.73 Å². The van der Waals surface area contributed by atoms with Gasteiger partial charge in [0.05, 0.1) is 13.5 Å². The Morgan fingerprint density at radius 3 is 2.88 bits per heavy atom. The molecule has 0 saturated heterocycles. The average molecular weight is 257 g/mol. The van der Waals surface area contributed by atoms with Gasteiger partial charge < -0.3 is 10.5 Å². The number of methoxy groups -OCH3 is 1. The first-order valence-electron chi connectivity index (χ1n) is 5.29. The summed E-state index contributed by atoms with van der Waals surface area (Å²) in [6.07, 6.45) is 0.330. The standard InChI is InChI=1S/C12H16FNO2S/c1-8(14)10-7-9(13)3-4-11(10)17-6-5-12(15)16-2/h3-4,7-8H,5-6,14H2,1-2H3/t8-/m0/s1. The summed E-state index contributed by atoms with van der Waals surface area (Å²) in [4.78, 5) is 11.9. The van der Waals surface area contributed by atoms with Gasteiger partial charge in [0, 0.05) is 16.7 Å². The Kier molecular flexibility index (Phi) is 5.44. The first kappa shape index (κ1) is 14.0. The summed E-state index contributed by atoms with van der Waals surface area (Å²) in [7, 11) is 1.36. The van der Waals surface area contributed by atoms with E-state index in [1.807, 2.05) is 0 Å². The van der Waals surface area contributed by atoms with Crippen LogP contribution in [0.5, 0.6) is 0 Å². The molecule has 1 rings (SSSR count). The maximum absolute atomic E-state index is 13.1. The molecular formula is C12H16FNO2S. The summed E-state index contributed by atoms with van der Waals surface area (Å²) in [6, 6.07) is 4.29. The lowest BCUT2D eigenvalue weighted by Gasteiger charge is -2.12. The van der Waals surface area contributed by atoms with E-state index in [0.29, 0.717) is 12.2 Å². The lowest BCUT2D eigenvalue weighted by molar-refractivity contribution is -0.140. The molecule has 2 N–H and O–H groups in total. The molecule has 0 aliphatic heterocycles. The van der Waals surface area contributed by atoms with Crippen LogP contribution in [0, 0.1) is 5.82 Å². The molecule has 0 heterocycles. The highest BCUT2D eigenvalue weighted by Gasteiger charge is 2.09. The largest absolute Gasteiger partial charge is 0.469 e. The van der Waals surface area contributed by atoms with Gasteiger partial charge in [-0.2, -0.15) is 0 Å². The van der Waals surface area contributed by atoms with E-state index in [4.69, 9.17) is 5.73 Å². The van der Waals surface area contributed by atoms with Crippen LogP contribution in [0.3, 0.4) is 0 Å². The molecule has 0 spiro atoms. The summed E-state index contributed by atoms with van der Waals surface area (Å²) in [5.74, 6) is 0.0504. The van der Waals surface area contributed by atoms with Crippen molar-refractivity contribution in [1.29, 1.82) is 0 Å². The zero-order valence-corrected chi connectivity index (χ0v) is 10.7. The van der Waals surface area contributed by atoms with Crippen LogP contribution in [-0.2, 0) is 9.53 Å². The first-order chi connectivity index (χ1) is 8.04. The molecule has 0 saturated carbocycles. The quantitative estimate of drug-likeness (QED) is 0.650. The number of carbonyl (C=O) groups is 1. The second-order valence-corrected chi connectivity index (χ2v) is 4.78. The van der Waals surface area contributed by atoms with Crippen LogP contribution in [0.1, 0.15) is 24.9 Å². The van der Waals surface area contributed by atoms with Crippen molar-refractivity contribution in [3.63, 3.8) is 0 Å². The van der Waals surface area contributed by atoms with Crippen molar-refractivity contribution in [1.82, 2.24) is 0 Å². The van der Waals surface area contributed by atoms with E-state index in [9.17, 15) is 9.18 Å². The smallest absolute Gasteiger partial charge is 0.306 e. The number of ether oxygens (including phenoxy) is 1. The Morgan fingerprint density at radius 2 is 2.29 bits per heavy atom. The zero-order valence-electron chi connectivity index (χ0n) is 9.90. The Labute approximate surface area is 105 Å². The van der Waals surface area contributed by atoms with Gasteiger partial charge >= 0.3 is 5.97 Å². The number of hydrogen-bond donors (Lipinski definition) is 1. The molecule has 1 atom stereocenters. The van der Waals surface area contributed by atoms with Gasteiger partial charge in [-0.1, -0.05) is 0 Å².